The van der Waals surface area contributed by atoms with Crippen molar-refractivity contribution in [1.82, 2.24) is 15.5 Å². The van der Waals surface area contributed by atoms with E-state index in [4.69, 9.17) is 0 Å². The molecule has 0 radical (unpaired) electrons. The molecule has 0 aromatic heterocycles. The van der Waals surface area contributed by atoms with Crippen LogP contribution in [0.25, 0.3) is 0 Å². The summed E-state index contributed by atoms with van der Waals surface area (Å²) in [5.41, 5.74) is 0. The Morgan fingerprint density at radius 2 is 1.86 bits per heavy atom. The van der Waals surface area contributed by atoms with Crippen LogP contribution in [0.2, 0.25) is 0 Å². The van der Waals surface area contributed by atoms with E-state index in [1.165, 1.54) is 38.6 Å². The van der Waals surface area contributed by atoms with Crippen molar-refractivity contribution in [3.63, 3.8) is 0 Å². The molecule has 1 aliphatic carbocycles. The summed E-state index contributed by atoms with van der Waals surface area (Å²) >= 11 is 0. The highest BCUT2D eigenvalue weighted by Gasteiger charge is 2.33. The average Bonchev–Trinajstić information content (AvgIpc) is 2.89. The van der Waals surface area contributed by atoms with Gasteiger partial charge in [-0.1, -0.05) is 6.92 Å². The van der Waals surface area contributed by atoms with Crippen LogP contribution in [0.1, 0.15) is 39.0 Å². The normalized spacial score (nSPS) is 36.6. The highest BCUT2D eigenvalue weighted by atomic mass is 35.5. The molecule has 3 aliphatic rings. The Kier molecular flexibility index (Phi) is 6.33. The number of amides is 1. The van der Waals surface area contributed by atoms with Crippen molar-refractivity contribution >= 4 is 18.3 Å². The van der Waals surface area contributed by atoms with Crippen LogP contribution in [-0.4, -0.2) is 49.6 Å². The minimum atomic E-state index is 0. The SMILES string of the molecule is CC1CCC(NC(=O)CN2CCC3CNCC3C2)CC1.Cl. The molecule has 2 aliphatic heterocycles. The van der Waals surface area contributed by atoms with Crippen molar-refractivity contribution in [3.05, 3.63) is 0 Å². The van der Waals surface area contributed by atoms with Gasteiger partial charge >= 0.3 is 0 Å². The Morgan fingerprint density at radius 3 is 2.62 bits per heavy atom. The second kappa shape index (κ2) is 7.80. The van der Waals surface area contributed by atoms with E-state index < -0.39 is 0 Å². The maximum absolute atomic E-state index is 12.2. The van der Waals surface area contributed by atoms with E-state index in [-0.39, 0.29) is 18.3 Å². The third-order valence-corrected chi connectivity index (χ3v) is 5.54. The predicted octanol–water partition coefficient (Wildman–Crippen LogP) is 1.64. The number of piperidine rings is 1. The molecular formula is C16H30ClN3O. The van der Waals surface area contributed by atoms with Gasteiger partial charge in [0.25, 0.3) is 0 Å². The van der Waals surface area contributed by atoms with Crippen molar-refractivity contribution < 1.29 is 4.79 Å². The monoisotopic (exact) mass is 315 g/mol. The van der Waals surface area contributed by atoms with Gasteiger partial charge in [-0.05, 0) is 69.5 Å². The first-order chi connectivity index (χ1) is 9.70. The zero-order valence-electron chi connectivity index (χ0n) is 13.1. The predicted molar refractivity (Wildman–Crippen MR) is 87.7 cm³/mol. The number of nitrogens with one attached hydrogen (secondary N) is 2. The summed E-state index contributed by atoms with van der Waals surface area (Å²) in [6.45, 7) is 7.45. The number of carbonyl (C=O) groups is 1. The van der Waals surface area contributed by atoms with Crippen LogP contribution in [0.5, 0.6) is 0 Å². The van der Waals surface area contributed by atoms with Gasteiger partial charge < -0.3 is 10.6 Å². The number of hydrogen-bond acceptors (Lipinski definition) is 3. The van der Waals surface area contributed by atoms with Crippen LogP contribution in [-0.2, 0) is 4.79 Å². The van der Waals surface area contributed by atoms with E-state index in [0.717, 1.165) is 37.4 Å². The van der Waals surface area contributed by atoms with E-state index in [9.17, 15) is 4.79 Å². The van der Waals surface area contributed by atoms with Gasteiger partial charge in [0.1, 0.15) is 0 Å². The number of rotatable bonds is 3. The molecule has 5 heteroatoms. The number of carbonyl (C=O) groups excluding carboxylic acids is 1. The first-order valence-corrected chi connectivity index (χ1v) is 8.43. The molecule has 3 rings (SSSR count). The highest BCUT2D eigenvalue weighted by molar-refractivity contribution is 5.85. The molecule has 2 heterocycles. The summed E-state index contributed by atoms with van der Waals surface area (Å²) in [6.07, 6.45) is 6.13. The van der Waals surface area contributed by atoms with Gasteiger partial charge in [0.2, 0.25) is 5.91 Å². The largest absolute Gasteiger partial charge is 0.352 e. The molecule has 4 nitrogen and oxygen atoms in total. The molecule has 2 unspecified atom stereocenters. The fourth-order valence-electron chi connectivity index (χ4n) is 4.13. The van der Waals surface area contributed by atoms with Crippen molar-refractivity contribution in [2.24, 2.45) is 17.8 Å². The average molecular weight is 316 g/mol. The number of fused-ring (bicyclic) bond motifs is 1. The van der Waals surface area contributed by atoms with Crippen LogP contribution >= 0.6 is 12.4 Å². The molecule has 0 aromatic carbocycles. The Morgan fingerprint density at radius 1 is 1.14 bits per heavy atom. The molecule has 3 fully saturated rings. The van der Waals surface area contributed by atoms with Crippen molar-refractivity contribution in [2.75, 3.05) is 32.7 Å². The lowest BCUT2D eigenvalue weighted by Gasteiger charge is -2.34. The summed E-state index contributed by atoms with van der Waals surface area (Å²) in [5, 5.41) is 6.73. The third kappa shape index (κ3) is 4.57. The second-order valence-electron chi connectivity index (χ2n) is 7.23. The lowest BCUT2D eigenvalue weighted by molar-refractivity contribution is -0.123. The number of nitrogens with zero attached hydrogens (tertiary/aromatic N) is 1. The lowest BCUT2D eigenvalue weighted by atomic mass is 9.87. The molecule has 1 saturated carbocycles. The van der Waals surface area contributed by atoms with Crippen LogP contribution in [0, 0.1) is 17.8 Å². The van der Waals surface area contributed by atoms with Gasteiger partial charge in [-0.3, -0.25) is 9.69 Å². The molecule has 0 bridgehead atoms. The zero-order chi connectivity index (χ0) is 13.9. The Balaban J connectivity index is 0.00000161. The van der Waals surface area contributed by atoms with E-state index in [1.54, 1.807) is 0 Å². The zero-order valence-corrected chi connectivity index (χ0v) is 14.0. The quantitative estimate of drug-likeness (QED) is 0.832. The van der Waals surface area contributed by atoms with Gasteiger partial charge in [0.05, 0.1) is 6.54 Å². The molecule has 1 amide bonds. The Labute approximate surface area is 134 Å². The maximum atomic E-state index is 12.2. The molecule has 2 atom stereocenters. The van der Waals surface area contributed by atoms with Gasteiger partial charge in [-0.2, -0.15) is 0 Å². The van der Waals surface area contributed by atoms with Crippen LogP contribution in [0.15, 0.2) is 0 Å². The highest BCUT2D eigenvalue weighted by Crippen LogP contribution is 2.26. The Bertz CT molecular complexity index is 344. The molecule has 0 aromatic rings. The summed E-state index contributed by atoms with van der Waals surface area (Å²) in [7, 11) is 0. The lowest BCUT2D eigenvalue weighted by Crippen LogP contribution is -2.47. The summed E-state index contributed by atoms with van der Waals surface area (Å²) in [6, 6.07) is 0.435. The molecule has 122 valence electrons. The van der Waals surface area contributed by atoms with E-state index in [1.807, 2.05) is 0 Å². The topological polar surface area (TPSA) is 44.4 Å². The third-order valence-electron chi connectivity index (χ3n) is 5.54. The summed E-state index contributed by atoms with van der Waals surface area (Å²) < 4.78 is 0. The number of halogens is 1. The minimum absolute atomic E-state index is 0. The van der Waals surface area contributed by atoms with E-state index >= 15 is 0 Å². The van der Waals surface area contributed by atoms with Gasteiger partial charge in [0.15, 0.2) is 0 Å². The van der Waals surface area contributed by atoms with Gasteiger partial charge in [0, 0.05) is 12.6 Å². The van der Waals surface area contributed by atoms with Crippen LogP contribution in [0.4, 0.5) is 0 Å². The molecule has 21 heavy (non-hydrogen) atoms. The van der Waals surface area contributed by atoms with E-state index in [0.29, 0.717) is 12.6 Å². The summed E-state index contributed by atoms with van der Waals surface area (Å²) in [5.74, 6) is 2.72. The fraction of sp³-hybridized carbons (Fsp3) is 0.938. The van der Waals surface area contributed by atoms with Crippen molar-refractivity contribution in [3.8, 4) is 0 Å². The van der Waals surface area contributed by atoms with Crippen molar-refractivity contribution in [1.29, 1.82) is 0 Å². The van der Waals surface area contributed by atoms with Gasteiger partial charge in [-0.15, -0.1) is 12.4 Å². The minimum Gasteiger partial charge on any atom is -0.352 e. The second-order valence-corrected chi connectivity index (χ2v) is 7.23. The van der Waals surface area contributed by atoms with Crippen LogP contribution in [0.3, 0.4) is 0 Å². The number of hydrogen-bond donors (Lipinski definition) is 2. The molecule has 2 saturated heterocycles. The fourth-order valence-corrected chi connectivity index (χ4v) is 4.13. The standard InChI is InChI=1S/C16H29N3O.ClH/c1-12-2-4-15(5-3-12)18-16(20)11-19-7-6-13-8-17-9-14(13)10-19;/h12-15,17H,2-11H2,1H3,(H,18,20);1H. The first kappa shape index (κ1) is 17.0. The molecule has 0 spiro atoms. The Hall–Kier alpha value is -0.320. The summed E-state index contributed by atoms with van der Waals surface area (Å²) in [4.78, 5) is 14.5. The van der Waals surface area contributed by atoms with Crippen molar-refractivity contribution in [2.45, 2.75) is 45.1 Å². The first-order valence-electron chi connectivity index (χ1n) is 8.43. The van der Waals surface area contributed by atoms with Gasteiger partial charge in [-0.25, -0.2) is 0 Å². The molecule has 2 N–H and O–H groups in total. The number of likely N-dealkylation sites (tertiary alicyclic amines) is 1. The van der Waals surface area contributed by atoms with Crippen LogP contribution < -0.4 is 10.6 Å². The smallest absolute Gasteiger partial charge is 0.234 e. The maximum Gasteiger partial charge on any atom is 0.234 e. The molecular weight excluding hydrogens is 286 g/mol. The van der Waals surface area contributed by atoms with E-state index in [2.05, 4.69) is 22.5 Å².